The highest BCUT2D eigenvalue weighted by Gasteiger charge is 2.25. The van der Waals surface area contributed by atoms with Gasteiger partial charge in [0.1, 0.15) is 11.1 Å². The van der Waals surface area contributed by atoms with Crippen molar-refractivity contribution in [2.24, 2.45) is 0 Å². The van der Waals surface area contributed by atoms with Crippen molar-refractivity contribution in [1.82, 2.24) is 19.8 Å². The molecule has 108 valence electrons. The van der Waals surface area contributed by atoms with Gasteiger partial charge in [-0.1, -0.05) is 11.3 Å². The zero-order valence-corrected chi connectivity index (χ0v) is 12.4. The quantitative estimate of drug-likeness (QED) is 0.806. The molecule has 1 saturated heterocycles. The minimum absolute atomic E-state index is 0.0293. The third kappa shape index (κ3) is 2.18. The Kier molecular flexibility index (Phi) is 3.08. The van der Waals surface area contributed by atoms with Crippen molar-refractivity contribution in [2.75, 3.05) is 19.0 Å². The van der Waals surface area contributed by atoms with E-state index in [2.05, 4.69) is 32.7 Å². The number of nitrogens with one attached hydrogen (secondary N) is 1. The van der Waals surface area contributed by atoms with Gasteiger partial charge in [0.05, 0.1) is 0 Å². The van der Waals surface area contributed by atoms with E-state index in [1.165, 1.54) is 0 Å². The molecule has 6 nitrogen and oxygen atoms in total. The predicted octanol–water partition coefficient (Wildman–Crippen LogP) is 2.75. The Balaban J connectivity index is 1.72. The molecule has 3 heterocycles. The lowest BCUT2D eigenvalue weighted by Gasteiger charge is -2.04. The molecular formula is C14H15N5OS. The monoisotopic (exact) mass is 301 g/mol. The fourth-order valence-electron chi connectivity index (χ4n) is 2.51. The van der Waals surface area contributed by atoms with Crippen molar-refractivity contribution in [2.45, 2.75) is 18.9 Å². The van der Waals surface area contributed by atoms with Gasteiger partial charge >= 0.3 is 0 Å². The molecule has 0 spiro atoms. The number of benzene rings is 1. The SMILES string of the molecule is CNc1ccc(-c2nn3c(C4CCCO4)nnc3s2)cc1. The molecule has 21 heavy (non-hydrogen) atoms. The zero-order valence-electron chi connectivity index (χ0n) is 11.6. The second-order valence-corrected chi connectivity index (χ2v) is 5.94. The Bertz CT molecular complexity index is 757. The van der Waals surface area contributed by atoms with E-state index in [9.17, 15) is 0 Å². The molecule has 7 heteroatoms. The standard InChI is InChI=1S/C14H15N5OS/c1-15-10-6-4-9(5-7-10)13-18-19-12(11-3-2-8-20-11)16-17-14(19)21-13/h4-7,11,15H,2-3,8H2,1H3. The van der Waals surface area contributed by atoms with Crippen LogP contribution in [-0.2, 0) is 4.74 Å². The average molecular weight is 301 g/mol. The van der Waals surface area contributed by atoms with Crippen LogP contribution in [0.25, 0.3) is 15.5 Å². The van der Waals surface area contributed by atoms with E-state index in [-0.39, 0.29) is 6.10 Å². The first-order chi connectivity index (χ1) is 10.3. The first-order valence-electron chi connectivity index (χ1n) is 6.97. The van der Waals surface area contributed by atoms with Crippen molar-refractivity contribution in [3.8, 4) is 10.6 Å². The first kappa shape index (κ1) is 12.7. The van der Waals surface area contributed by atoms with Crippen LogP contribution in [0, 0.1) is 0 Å². The average Bonchev–Trinajstić information content (AvgIpc) is 3.23. The smallest absolute Gasteiger partial charge is 0.235 e. The number of hydrogen-bond acceptors (Lipinski definition) is 6. The molecule has 1 atom stereocenters. The molecule has 0 bridgehead atoms. The van der Waals surface area contributed by atoms with Crippen LogP contribution in [0.15, 0.2) is 24.3 Å². The Morgan fingerprint density at radius 2 is 2.14 bits per heavy atom. The molecule has 3 aromatic rings. The molecule has 1 aliphatic heterocycles. The largest absolute Gasteiger partial charge is 0.388 e. The number of ether oxygens (including phenoxy) is 1. The van der Waals surface area contributed by atoms with Gasteiger partial charge in [-0.15, -0.1) is 10.2 Å². The summed E-state index contributed by atoms with van der Waals surface area (Å²) in [7, 11) is 1.91. The lowest BCUT2D eigenvalue weighted by molar-refractivity contribution is 0.103. The molecule has 1 N–H and O–H groups in total. The lowest BCUT2D eigenvalue weighted by Crippen LogP contribution is -2.03. The number of fused-ring (bicyclic) bond motifs is 1. The van der Waals surface area contributed by atoms with E-state index in [0.29, 0.717) is 0 Å². The number of hydrogen-bond donors (Lipinski definition) is 1. The van der Waals surface area contributed by atoms with Crippen molar-refractivity contribution < 1.29 is 4.74 Å². The van der Waals surface area contributed by atoms with Gasteiger partial charge in [-0.25, -0.2) is 0 Å². The fourth-order valence-corrected chi connectivity index (χ4v) is 3.36. The molecule has 1 aromatic carbocycles. The van der Waals surface area contributed by atoms with E-state index in [4.69, 9.17) is 4.74 Å². The van der Waals surface area contributed by atoms with Crippen LogP contribution in [0.1, 0.15) is 24.8 Å². The third-order valence-corrected chi connectivity index (χ3v) is 4.60. The summed E-state index contributed by atoms with van der Waals surface area (Å²) >= 11 is 1.55. The molecular weight excluding hydrogens is 286 g/mol. The molecule has 1 aliphatic rings. The Morgan fingerprint density at radius 3 is 2.86 bits per heavy atom. The maximum absolute atomic E-state index is 5.68. The fraction of sp³-hybridized carbons (Fsp3) is 0.357. The van der Waals surface area contributed by atoms with Crippen LogP contribution in [0.2, 0.25) is 0 Å². The summed E-state index contributed by atoms with van der Waals surface area (Å²) in [6.07, 6.45) is 2.09. The van der Waals surface area contributed by atoms with Gasteiger partial charge in [0.15, 0.2) is 5.82 Å². The van der Waals surface area contributed by atoms with Crippen LogP contribution in [0.5, 0.6) is 0 Å². The van der Waals surface area contributed by atoms with E-state index in [0.717, 1.165) is 46.5 Å². The highest BCUT2D eigenvalue weighted by molar-refractivity contribution is 7.19. The molecule has 0 radical (unpaired) electrons. The van der Waals surface area contributed by atoms with E-state index in [1.54, 1.807) is 11.3 Å². The summed E-state index contributed by atoms with van der Waals surface area (Å²) in [6.45, 7) is 0.794. The zero-order chi connectivity index (χ0) is 14.2. The third-order valence-electron chi connectivity index (χ3n) is 3.65. The highest BCUT2D eigenvalue weighted by Crippen LogP contribution is 2.31. The Hall–Kier alpha value is -1.99. The highest BCUT2D eigenvalue weighted by atomic mass is 32.1. The van der Waals surface area contributed by atoms with Crippen molar-refractivity contribution in [1.29, 1.82) is 0 Å². The molecule has 0 aliphatic carbocycles. The summed E-state index contributed by atoms with van der Waals surface area (Å²) in [5.74, 6) is 0.817. The van der Waals surface area contributed by atoms with E-state index < -0.39 is 0 Å². The second kappa shape index (κ2) is 5.09. The molecule has 0 amide bonds. The minimum atomic E-state index is 0.0293. The minimum Gasteiger partial charge on any atom is -0.388 e. The lowest BCUT2D eigenvalue weighted by atomic mass is 10.2. The van der Waals surface area contributed by atoms with Gasteiger partial charge in [-0.3, -0.25) is 0 Å². The van der Waals surface area contributed by atoms with E-state index in [1.807, 2.05) is 23.7 Å². The summed E-state index contributed by atoms with van der Waals surface area (Å²) < 4.78 is 7.51. The van der Waals surface area contributed by atoms with Gasteiger partial charge in [0.2, 0.25) is 4.96 Å². The topological polar surface area (TPSA) is 64.3 Å². The Morgan fingerprint density at radius 1 is 1.29 bits per heavy atom. The van der Waals surface area contributed by atoms with Crippen molar-refractivity contribution >= 4 is 22.0 Å². The molecule has 0 saturated carbocycles. The van der Waals surface area contributed by atoms with E-state index >= 15 is 0 Å². The first-order valence-corrected chi connectivity index (χ1v) is 7.79. The number of aromatic nitrogens is 4. The summed E-state index contributed by atoms with van der Waals surface area (Å²) in [4.78, 5) is 0.813. The van der Waals surface area contributed by atoms with Crippen molar-refractivity contribution in [3.05, 3.63) is 30.1 Å². The number of anilines is 1. The van der Waals surface area contributed by atoms with Gasteiger partial charge in [-0.2, -0.15) is 9.61 Å². The van der Waals surface area contributed by atoms with Crippen LogP contribution >= 0.6 is 11.3 Å². The van der Waals surface area contributed by atoms with Gasteiger partial charge in [0.25, 0.3) is 0 Å². The van der Waals surface area contributed by atoms with Crippen LogP contribution in [-0.4, -0.2) is 33.5 Å². The number of nitrogens with zero attached hydrogens (tertiary/aromatic N) is 4. The van der Waals surface area contributed by atoms with Gasteiger partial charge < -0.3 is 10.1 Å². The maximum Gasteiger partial charge on any atom is 0.235 e. The summed E-state index contributed by atoms with van der Waals surface area (Å²) in [6, 6.07) is 8.20. The normalized spacial score (nSPS) is 18.4. The maximum atomic E-state index is 5.68. The molecule has 1 unspecified atom stereocenters. The van der Waals surface area contributed by atoms with Crippen LogP contribution < -0.4 is 5.32 Å². The van der Waals surface area contributed by atoms with Gasteiger partial charge in [0, 0.05) is 24.9 Å². The van der Waals surface area contributed by atoms with Crippen molar-refractivity contribution in [3.63, 3.8) is 0 Å². The summed E-state index contributed by atoms with van der Waals surface area (Å²) in [5.41, 5.74) is 2.17. The number of rotatable bonds is 3. The second-order valence-electron chi connectivity index (χ2n) is 4.99. The predicted molar refractivity (Wildman–Crippen MR) is 81.6 cm³/mol. The van der Waals surface area contributed by atoms with Gasteiger partial charge in [-0.05, 0) is 37.1 Å². The molecule has 4 rings (SSSR count). The summed E-state index contributed by atoms with van der Waals surface area (Å²) in [5, 5.41) is 17.2. The van der Waals surface area contributed by atoms with Crippen LogP contribution in [0.4, 0.5) is 5.69 Å². The van der Waals surface area contributed by atoms with Crippen LogP contribution in [0.3, 0.4) is 0 Å². The Labute approximate surface area is 125 Å². The molecule has 1 fully saturated rings. The molecule has 2 aromatic heterocycles.